The number of carbonyl (C=O) groups excluding carboxylic acids is 1. The number of esters is 1. The van der Waals surface area contributed by atoms with Crippen LogP contribution in [0.15, 0.2) is 0 Å². The molecule has 0 saturated heterocycles. The summed E-state index contributed by atoms with van der Waals surface area (Å²) >= 11 is 0. The Morgan fingerprint density at radius 3 is 2.15 bits per heavy atom. The minimum atomic E-state index is -1.15. The number of hydrogen-bond acceptors (Lipinski definition) is 3. The van der Waals surface area contributed by atoms with Crippen molar-refractivity contribution in [2.75, 3.05) is 0 Å². The number of rotatable bonds is 5. The minimum Gasteiger partial charge on any atom is -1.00 e. The van der Waals surface area contributed by atoms with Gasteiger partial charge in [0.25, 0.3) is 0 Å². The van der Waals surface area contributed by atoms with Gasteiger partial charge in [-0.3, -0.25) is 9.59 Å². The summed E-state index contributed by atoms with van der Waals surface area (Å²) in [6.07, 6.45) is 0.761. The van der Waals surface area contributed by atoms with E-state index < -0.39 is 18.4 Å². The van der Waals surface area contributed by atoms with Crippen LogP contribution in [0.5, 0.6) is 0 Å². The monoisotopic (exact) mass is 214 g/mol. The van der Waals surface area contributed by atoms with Crippen molar-refractivity contribution >= 4 is 11.9 Å². The Balaban J connectivity index is -0.000000605. The van der Waals surface area contributed by atoms with E-state index in [0.29, 0.717) is 0 Å². The van der Waals surface area contributed by atoms with Crippen molar-refractivity contribution in [2.45, 2.75) is 39.2 Å². The third kappa shape index (κ3) is 8.89. The average Bonchev–Trinajstić information content (AvgIpc) is 1.98. The summed E-state index contributed by atoms with van der Waals surface area (Å²) in [4.78, 5) is 20.8. The standard InChI is InChI=1S/C8H14O4.K.H/c1-3-6(4-2)12-8(11)5-7(9)10;;/h6H,3-5H2,1-2H3,(H,9,10);;/q;+1;-1. The summed E-state index contributed by atoms with van der Waals surface area (Å²) in [6, 6.07) is 0. The summed E-state index contributed by atoms with van der Waals surface area (Å²) in [6.45, 7) is 3.78. The molecule has 0 aliphatic carbocycles. The van der Waals surface area contributed by atoms with Gasteiger partial charge in [0.05, 0.1) is 0 Å². The molecule has 4 nitrogen and oxygen atoms in total. The predicted octanol–water partition coefficient (Wildman–Crippen LogP) is -1.69. The molecule has 0 aromatic heterocycles. The van der Waals surface area contributed by atoms with Gasteiger partial charge in [-0.15, -0.1) is 0 Å². The number of aliphatic carboxylic acids is 1. The van der Waals surface area contributed by atoms with Gasteiger partial charge in [0.15, 0.2) is 0 Å². The van der Waals surface area contributed by atoms with Crippen LogP contribution in [0.2, 0.25) is 0 Å². The molecule has 0 radical (unpaired) electrons. The van der Waals surface area contributed by atoms with Crippen LogP contribution in [-0.4, -0.2) is 23.1 Å². The second-order valence-electron chi connectivity index (χ2n) is 2.50. The normalized spacial score (nSPS) is 9.15. The second-order valence-corrected chi connectivity index (χ2v) is 2.50. The van der Waals surface area contributed by atoms with Crippen LogP contribution < -0.4 is 51.4 Å². The first-order valence-corrected chi connectivity index (χ1v) is 4.01. The first-order valence-electron chi connectivity index (χ1n) is 4.01. The van der Waals surface area contributed by atoms with Crippen LogP contribution in [0.3, 0.4) is 0 Å². The van der Waals surface area contributed by atoms with E-state index >= 15 is 0 Å². The maximum atomic E-state index is 10.8. The maximum Gasteiger partial charge on any atom is 1.00 e. The number of carbonyl (C=O) groups is 2. The van der Waals surface area contributed by atoms with E-state index in [2.05, 4.69) is 0 Å². The molecule has 0 unspecified atom stereocenters. The van der Waals surface area contributed by atoms with Gasteiger partial charge in [-0.2, -0.15) is 0 Å². The van der Waals surface area contributed by atoms with Crippen LogP contribution in [0.25, 0.3) is 0 Å². The fraction of sp³-hybridized carbons (Fsp3) is 0.750. The molecule has 1 N–H and O–H groups in total. The number of carboxylic acids is 1. The summed E-state index contributed by atoms with van der Waals surface area (Å²) in [7, 11) is 0. The zero-order chi connectivity index (χ0) is 9.56. The molecule has 0 aliphatic rings. The Bertz CT molecular complexity index is 171. The molecule has 72 valence electrons. The van der Waals surface area contributed by atoms with E-state index in [0.717, 1.165) is 12.8 Å². The summed E-state index contributed by atoms with van der Waals surface area (Å²) < 4.78 is 4.84. The topological polar surface area (TPSA) is 63.6 Å². The van der Waals surface area contributed by atoms with Crippen LogP contribution in [0.1, 0.15) is 34.5 Å². The van der Waals surface area contributed by atoms with E-state index in [4.69, 9.17) is 9.84 Å². The first-order chi connectivity index (χ1) is 5.60. The van der Waals surface area contributed by atoms with Gasteiger partial charge >= 0.3 is 63.3 Å². The van der Waals surface area contributed by atoms with Crippen molar-refractivity contribution < 1.29 is 72.2 Å². The van der Waals surface area contributed by atoms with Gasteiger partial charge in [-0.25, -0.2) is 0 Å². The SMILES string of the molecule is CCC(CC)OC(=O)CC(=O)O.[H-].[K+]. The zero-order valence-electron chi connectivity index (χ0n) is 9.37. The average molecular weight is 214 g/mol. The Hall–Kier alpha value is 0.576. The third-order valence-electron chi connectivity index (χ3n) is 1.50. The van der Waals surface area contributed by atoms with Gasteiger partial charge < -0.3 is 11.3 Å². The van der Waals surface area contributed by atoms with E-state index in [-0.39, 0.29) is 58.9 Å². The Labute approximate surface area is 122 Å². The number of ether oxygens (including phenoxy) is 1. The molecule has 0 saturated carbocycles. The molecular formula is C8H15KO4. The van der Waals surface area contributed by atoms with Crippen molar-refractivity contribution in [3.05, 3.63) is 0 Å². The van der Waals surface area contributed by atoms with Gasteiger partial charge in [-0.05, 0) is 12.8 Å². The molecule has 0 aromatic rings. The predicted molar refractivity (Wildman–Crippen MR) is 43.8 cm³/mol. The molecule has 0 atom stereocenters. The smallest absolute Gasteiger partial charge is 1.00 e. The fourth-order valence-corrected chi connectivity index (χ4v) is 0.806. The molecular weight excluding hydrogens is 199 g/mol. The van der Waals surface area contributed by atoms with Crippen LogP contribution >= 0.6 is 0 Å². The fourth-order valence-electron chi connectivity index (χ4n) is 0.806. The van der Waals surface area contributed by atoms with Crippen LogP contribution in [0, 0.1) is 0 Å². The van der Waals surface area contributed by atoms with Crippen molar-refractivity contribution in [1.29, 1.82) is 0 Å². The molecule has 0 bridgehead atoms. The Morgan fingerprint density at radius 2 is 1.85 bits per heavy atom. The summed E-state index contributed by atoms with van der Waals surface area (Å²) in [5.74, 6) is -1.80. The van der Waals surface area contributed by atoms with Crippen LogP contribution in [-0.2, 0) is 14.3 Å². The van der Waals surface area contributed by atoms with Crippen molar-refractivity contribution in [3.63, 3.8) is 0 Å². The number of carboxylic acid groups (broad SMARTS) is 1. The third-order valence-corrected chi connectivity index (χ3v) is 1.50. The van der Waals surface area contributed by atoms with Gasteiger partial charge in [0.2, 0.25) is 0 Å². The molecule has 0 aromatic carbocycles. The largest absolute Gasteiger partial charge is 1.00 e. The van der Waals surface area contributed by atoms with Crippen molar-refractivity contribution in [3.8, 4) is 0 Å². The van der Waals surface area contributed by atoms with E-state index in [1.165, 1.54) is 0 Å². The quantitative estimate of drug-likeness (QED) is 0.337. The van der Waals surface area contributed by atoms with Gasteiger partial charge in [-0.1, -0.05) is 13.8 Å². The molecule has 0 heterocycles. The van der Waals surface area contributed by atoms with E-state index in [1.54, 1.807) is 0 Å². The molecule has 0 spiro atoms. The first kappa shape index (κ1) is 16.0. The second kappa shape index (κ2) is 9.14. The van der Waals surface area contributed by atoms with Gasteiger partial charge in [0, 0.05) is 0 Å². The number of hydrogen-bond donors (Lipinski definition) is 1. The molecule has 13 heavy (non-hydrogen) atoms. The zero-order valence-corrected chi connectivity index (χ0v) is 11.5. The van der Waals surface area contributed by atoms with Crippen molar-refractivity contribution in [1.82, 2.24) is 0 Å². The van der Waals surface area contributed by atoms with Gasteiger partial charge in [0.1, 0.15) is 12.5 Å². The van der Waals surface area contributed by atoms with Crippen LogP contribution in [0.4, 0.5) is 0 Å². The minimum absolute atomic E-state index is 0. The van der Waals surface area contributed by atoms with E-state index in [1.807, 2.05) is 13.8 Å². The summed E-state index contributed by atoms with van der Waals surface area (Å²) in [5.41, 5.74) is 0. The van der Waals surface area contributed by atoms with E-state index in [9.17, 15) is 9.59 Å². The molecule has 0 fully saturated rings. The summed E-state index contributed by atoms with van der Waals surface area (Å²) in [5, 5.41) is 8.24. The Morgan fingerprint density at radius 1 is 1.38 bits per heavy atom. The van der Waals surface area contributed by atoms with Crippen molar-refractivity contribution in [2.24, 2.45) is 0 Å². The molecule has 0 amide bonds. The molecule has 0 rings (SSSR count). The maximum absolute atomic E-state index is 10.8. The molecule has 5 heteroatoms. The molecule has 0 aliphatic heterocycles. The Kier molecular flexibility index (Phi) is 11.3.